The standard InChI is InChI=1S/C46H30N2S/c1-3-13-34(14-4-1)47(42-20-11-21-43-45(42)39-18-9-10-19-41(39)48(43)35-15-5-2-6-16-35)36-26-22-31(23-27-36)33-25-29-44-40(30-33)38-28-24-32-12-7-8-17-37(32)46(38)49-44/h1-30H. The van der Waals surface area contributed by atoms with Crippen LogP contribution in [0.5, 0.6) is 0 Å². The molecule has 0 N–H and O–H groups in total. The first-order chi connectivity index (χ1) is 24.3. The number of fused-ring (bicyclic) bond motifs is 8. The molecule has 230 valence electrons. The molecular weight excluding hydrogens is 613 g/mol. The zero-order chi connectivity index (χ0) is 32.3. The summed E-state index contributed by atoms with van der Waals surface area (Å²) < 4.78 is 5.07. The zero-order valence-corrected chi connectivity index (χ0v) is 27.4. The van der Waals surface area contributed by atoms with Crippen LogP contribution in [0.2, 0.25) is 0 Å². The highest BCUT2D eigenvalue weighted by Gasteiger charge is 2.21. The molecule has 2 aromatic heterocycles. The van der Waals surface area contributed by atoms with E-state index in [0.717, 1.165) is 22.7 Å². The molecule has 49 heavy (non-hydrogen) atoms. The van der Waals surface area contributed by atoms with Crippen LogP contribution in [-0.2, 0) is 0 Å². The molecule has 0 aliphatic rings. The molecule has 2 heterocycles. The SMILES string of the molecule is c1ccc(N(c2ccc(-c3ccc4sc5c6ccccc6ccc5c4c3)cc2)c2cccc3c2c2ccccc2n3-c2ccccc2)cc1. The van der Waals surface area contributed by atoms with Crippen molar-refractivity contribution >= 4 is 81.1 Å². The summed E-state index contributed by atoms with van der Waals surface area (Å²) in [5.74, 6) is 0. The summed E-state index contributed by atoms with van der Waals surface area (Å²) in [6, 6.07) is 66.0. The Bertz CT molecular complexity index is 2810. The van der Waals surface area contributed by atoms with Gasteiger partial charge in [-0.1, -0.05) is 115 Å². The van der Waals surface area contributed by atoms with Crippen LogP contribution in [0, 0.1) is 0 Å². The summed E-state index contributed by atoms with van der Waals surface area (Å²) in [7, 11) is 0. The van der Waals surface area contributed by atoms with Crippen molar-refractivity contribution < 1.29 is 0 Å². The van der Waals surface area contributed by atoms with Crippen molar-refractivity contribution in [1.82, 2.24) is 4.57 Å². The van der Waals surface area contributed by atoms with Crippen molar-refractivity contribution in [1.29, 1.82) is 0 Å². The van der Waals surface area contributed by atoms with Gasteiger partial charge in [0.1, 0.15) is 0 Å². The van der Waals surface area contributed by atoms with Gasteiger partial charge in [-0.2, -0.15) is 0 Å². The van der Waals surface area contributed by atoms with E-state index < -0.39 is 0 Å². The molecule has 0 bridgehead atoms. The van der Waals surface area contributed by atoms with E-state index in [2.05, 4.69) is 191 Å². The normalized spacial score (nSPS) is 11.7. The second-order valence-corrected chi connectivity index (χ2v) is 13.6. The van der Waals surface area contributed by atoms with Crippen LogP contribution in [0.3, 0.4) is 0 Å². The molecule has 0 unspecified atom stereocenters. The van der Waals surface area contributed by atoms with E-state index in [9.17, 15) is 0 Å². The van der Waals surface area contributed by atoms with Gasteiger partial charge in [0.15, 0.2) is 0 Å². The second kappa shape index (κ2) is 11.2. The van der Waals surface area contributed by atoms with Gasteiger partial charge in [0.05, 0.1) is 16.7 Å². The number of thiophene rings is 1. The average Bonchev–Trinajstić information content (AvgIpc) is 3.72. The average molecular weight is 643 g/mol. The highest BCUT2D eigenvalue weighted by Crippen LogP contribution is 2.44. The van der Waals surface area contributed by atoms with E-state index >= 15 is 0 Å². The Morgan fingerprint density at radius 1 is 0.429 bits per heavy atom. The predicted octanol–water partition coefficient (Wildman–Crippen LogP) is 13.4. The fourth-order valence-electron chi connectivity index (χ4n) is 7.53. The molecule has 3 heteroatoms. The number of para-hydroxylation sites is 3. The van der Waals surface area contributed by atoms with Crippen molar-refractivity contribution in [2.24, 2.45) is 0 Å². The summed E-state index contributed by atoms with van der Waals surface area (Å²) in [6.45, 7) is 0. The van der Waals surface area contributed by atoms with Crippen LogP contribution in [0.4, 0.5) is 17.1 Å². The largest absolute Gasteiger partial charge is 0.310 e. The molecule has 0 aliphatic heterocycles. The van der Waals surface area contributed by atoms with E-state index in [1.165, 1.54) is 63.9 Å². The fraction of sp³-hybridized carbons (Fsp3) is 0. The topological polar surface area (TPSA) is 8.17 Å². The molecule has 2 nitrogen and oxygen atoms in total. The van der Waals surface area contributed by atoms with Gasteiger partial charge in [0.25, 0.3) is 0 Å². The third kappa shape index (κ3) is 4.47. The Morgan fingerprint density at radius 3 is 1.94 bits per heavy atom. The Kier molecular flexibility index (Phi) is 6.39. The molecule has 0 aliphatic carbocycles. The minimum atomic E-state index is 1.12. The number of benzene rings is 8. The number of anilines is 3. The molecule has 0 saturated heterocycles. The van der Waals surface area contributed by atoms with E-state index in [-0.39, 0.29) is 0 Å². The molecule has 0 radical (unpaired) electrons. The summed E-state index contributed by atoms with van der Waals surface area (Å²) in [6.07, 6.45) is 0. The summed E-state index contributed by atoms with van der Waals surface area (Å²) in [5, 5.41) is 7.74. The molecule has 0 fully saturated rings. The number of rotatable bonds is 5. The van der Waals surface area contributed by atoms with Gasteiger partial charge in [-0.15, -0.1) is 11.3 Å². The van der Waals surface area contributed by atoms with Crippen LogP contribution >= 0.6 is 11.3 Å². The molecule has 8 aromatic carbocycles. The minimum Gasteiger partial charge on any atom is -0.310 e. The van der Waals surface area contributed by atoms with Crippen LogP contribution < -0.4 is 4.90 Å². The Hall–Kier alpha value is -6.16. The third-order valence-corrected chi connectivity index (χ3v) is 11.0. The monoisotopic (exact) mass is 642 g/mol. The van der Waals surface area contributed by atoms with Crippen LogP contribution in [0.25, 0.3) is 69.6 Å². The van der Waals surface area contributed by atoms with Gasteiger partial charge in [-0.25, -0.2) is 0 Å². The van der Waals surface area contributed by atoms with E-state index in [1.54, 1.807) is 0 Å². The van der Waals surface area contributed by atoms with Crippen LogP contribution in [0.1, 0.15) is 0 Å². The fourth-order valence-corrected chi connectivity index (χ4v) is 8.75. The first-order valence-electron chi connectivity index (χ1n) is 16.7. The zero-order valence-electron chi connectivity index (χ0n) is 26.6. The molecule has 0 amide bonds. The molecule has 0 saturated carbocycles. The van der Waals surface area contributed by atoms with Crippen LogP contribution in [-0.4, -0.2) is 4.57 Å². The predicted molar refractivity (Wildman–Crippen MR) is 211 cm³/mol. The Morgan fingerprint density at radius 2 is 1.10 bits per heavy atom. The van der Waals surface area contributed by atoms with Gasteiger partial charge in [0, 0.05) is 48.0 Å². The summed E-state index contributed by atoms with van der Waals surface area (Å²) in [4.78, 5) is 2.40. The lowest BCUT2D eigenvalue weighted by molar-refractivity contribution is 1.18. The lowest BCUT2D eigenvalue weighted by Crippen LogP contribution is -2.10. The maximum absolute atomic E-state index is 2.40. The lowest BCUT2D eigenvalue weighted by Gasteiger charge is -2.26. The van der Waals surface area contributed by atoms with Gasteiger partial charge >= 0.3 is 0 Å². The van der Waals surface area contributed by atoms with E-state index in [4.69, 9.17) is 0 Å². The van der Waals surface area contributed by atoms with Crippen molar-refractivity contribution in [2.75, 3.05) is 4.90 Å². The molecule has 10 rings (SSSR count). The molecule has 0 spiro atoms. The van der Waals surface area contributed by atoms with Gasteiger partial charge in [0.2, 0.25) is 0 Å². The quantitative estimate of drug-likeness (QED) is 0.181. The van der Waals surface area contributed by atoms with Crippen molar-refractivity contribution in [3.05, 3.63) is 182 Å². The number of aromatic nitrogens is 1. The molecule has 10 aromatic rings. The smallest absolute Gasteiger partial charge is 0.0562 e. The lowest BCUT2D eigenvalue weighted by atomic mass is 10.0. The maximum Gasteiger partial charge on any atom is 0.0562 e. The van der Waals surface area contributed by atoms with E-state index in [1.807, 2.05) is 11.3 Å². The third-order valence-electron chi connectivity index (χ3n) is 9.77. The van der Waals surface area contributed by atoms with Crippen molar-refractivity contribution in [2.45, 2.75) is 0 Å². The highest BCUT2D eigenvalue weighted by molar-refractivity contribution is 7.26. The molecule has 0 atom stereocenters. The van der Waals surface area contributed by atoms with Crippen molar-refractivity contribution in [3.63, 3.8) is 0 Å². The number of hydrogen-bond donors (Lipinski definition) is 0. The van der Waals surface area contributed by atoms with Gasteiger partial charge in [-0.3, -0.25) is 0 Å². The first kappa shape index (κ1) is 27.9. The second-order valence-electron chi connectivity index (χ2n) is 12.6. The Labute approximate surface area is 288 Å². The Balaban J connectivity index is 1.12. The summed E-state index contributed by atoms with van der Waals surface area (Å²) in [5.41, 5.74) is 9.37. The number of nitrogens with zero attached hydrogens (tertiary/aromatic N) is 2. The highest BCUT2D eigenvalue weighted by atomic mass is 32.1. The number of hydrogen-bond acceptors (Lipinski definition) is 2. The van der Waals surface area contributed by atoms with Gasteiger partial charge < -0.3 is 9.47 Å². The van der Waals surface area contributed by atoms with E-state index in [0.29, 0.717) is 0 Å². The van der Waals surface area contributed by atoms with Gasteiger partial charge in [-0.05, 0) is 88.6 Å². The first-order valence-corrected chi connectivity index (χ1v) is 17.5. The van der Waals surface area contributed by atoms with Crippen LogP contribution in [0.15, 0.2) is 182 Å². The maximum atomic E-state index is 2.40. The minimum absolute atomic E-state index is 1.12. The molecular formula is C46H30N2S. The van der Waals surface area contributed by atoms with Crippen molar-refractivity contribution in [3.8, 4) is 16.8 Å². The summed E-state index contributed by atoms with van der Waals surface area (Å²) >= 11 is 1.89.